The molecule has 2 atom stereocenters. The molecule has 0 spiro atoms. The number of carbonyl (C=O) groups is 1. The summed E-state index contributed by atoms with van der Waals surface area (Å²) < 4.78 is 0. The van der Waals surface area contributed by atoms with Crippen LogP contribution >= 0.6 is 0 Å². The van der Waals surface area contributed by atoms with Gasteiger partial charge in [0.15, 0.2) is 0 Å². The minimum atomic E-state index is 0.0994. The Morgan fingerprint density at radius 2 is 1.91 bits per heavy atom. The molecule has 1 aromatic carbocycles. The lowest BCUT2D eigenvalue weighted by Crippen LogP contribution is -2.55. The summed E-state index contributed by atoms with van der Waals surface area (Å²) in [5, 5.41) is 6.62. The Labute approximate surface area is 132 Å². The average Bonchev–Trinajstić information content (AvgIpc) is 2.95. The van der Waals surface area contributed by atoms with E-state index >= 15 is 0 Å². The first kappa shape index (κ1) is 14.2. The van der Waals surface area contributed by atoms with Crippen LogP contribution in [0.2, 0.25) is 0 Å². The summed E-state index contributed by atoms with van der Waals surface area (Å²) >= 11 is 0. The van der Waals surface area contributed by atoms with Crippen LogP contribution in [0, 0.1) is 0 Å². The second kappa shape index (κ2) is 5.67. The third kappa shape index (κ3) is 2.55. The Morgan fingerprint density at radius 1 is 1.18 bits per heavy atom. The molecular formula is C18H25N3O. The lowest BCUT2D eigenvalue weighted by Gasteiger charge is -2.47. The lowest BCUT2D eigenvalue weighted by molar-refractivity contribution is 0.0463. The van der Waals surface area contributed by atoms with Crippen molar-refractivity contribution < 1.29 is 4.79 Å². The number of benzene rings is 1. The summed E-state index contributed by atoms with van der Waals surface area (Å²) in [4.78, 5) is 15.1. The third-order valence-electron chi connectivity index (χ3n) is 5.77. The maximum atomic E-state index is 12.6. The van der Waals surface area contributed by atoms with E-state index in [1.54, 1.807) is 0 Å². The summed E-state index contributed by atoms with van der Waals surface area (Å²) in [5.74, 6) is 0.0994. The van der Waals surface area contributed by atoms with Gasteiger partial charge in [0.2, 0.25) is 0 Å². The lowest BCUT2D eigenvalue weighted by atomic mass is 9.82. The molecule has 4 heteroatoms. The molecule has 0 radical (unpaired) electrons. The molecule has 2 N–H and O–H groups in total. The molecule has 118 valence electrons. The molecule has 1 aromatic rings. The topological polar surface area (TPSA) is 44.4 Å². The molecule has 0 aliphatic carbocycles. The zero-order valence-corrected chi connectivity index (χ0v) is 13.3. The fraction of sp³-hybridized carbons (Fsp3) is 0.611. The molecule has 0 aromatic heterocycles. The first-order valence-corrected chi connectivity index (χ1v) is 8.56. The van der Waals surface area contributed by atoms with Gasteiger partial charge in [-0.05, 0) is 56.0 Å². The molecule has 2 fully saturated rings. The van der Waals surface area contributed by atoms with Gasteiger partial charge < -0.3 is 15.5 Å². The summed E-state index contributed by atoms with van der Waals surface area (Å²) in [6.45, 7) is 1.81. The van der Waals surface area contributed by atoms with E-state index in [9.17, 15) is 4.79 Å². The van der Waals surface area contributed by atoms with Gasteiger partial charge >= 0.3 is 0 Å². The van der Waals surface area contributed by atoms with Crippen molar-refractivity contribution in [2.24, 2.45) is 0 Å². The molecule has 3 aliphatic heterocycles. The van der Waals surface area contributed by atoms with E-state index < -0.39 is 0 Å². The standard InChI is InChI=1S/C18H25N3O/c1-21-16-3-2-4-17(21)9-15(8-16)20-18(22)12-5-6-13-10-19-11-14(13)7-12/h5-7,15-17,19H,2-4,8-11H2,1H3,(H,20,22). The van der Waals surface area contributed by atoms with Gasteiger partial charge in [-0.2, -0.15) is 0 Å². The predicted molar refractivity (Wildman–Crippen MR) is 86.7 cm³/mol. The molecule has 0 saturated carbocycles. The molecule has 2 bridgehead atoms. The highest BCUT2D eigenvalue weighted by Gasteiger charge is 2.36. The fourth-order valence-corrected chi connectivity index (χ4v) is 4.44. The third-order valence-corrected chi connectivity index (χ3v) is 5.77. The van der Waals surface area contributed by atoms with E-state index in [1.165, 1.54) is 30.4 Å². The molecule has 2 saturated heterocycles. The van der Waals surface area contributed by atoms with Crippen molar-refractivity contribution in [3.63, 3.8) is 0 Å². The molecule has 4 rings (SSSR count). The number of amides is 1. The number of nitrogens with one attached hydrogen (secondary N) is 2. The summed E-state index contributed by atoms with van der Waals surface area (Å²) in [7, 11) is 2.25. The first-order valence-electron chi connectivity index (χ1n) is 8.56. The van der Waals surface area contributed by atoms with Crippen LogP contribution in [0.5, 0.6) is 0 Å². The van der Waals surface area contributed by atoms with Gasteiger partial charge in [0, 0.05) is 36.8 Å². The van der Waals surface area contributed by atoms with E-state index in [1.807, 2.05) is 6.07 Å². The van der Waals surface area contributed by atoms with Crippen LogP contribution in [-0.2, 0) is 13.1 Å². The zero-order chi connectivity index (χ0) is 15.1. The second-order valence-corrected chi connectivity index (χ2v) is 7.13. The zero-order valence-electron chi connectivity index (χ0n) is 13.3. The number of hydrogen-bond donors (Lipinski definition) is 2. The van der Waals surface area contributed by atoms with Crippen LogP contribution in [0.25, 0.3) is 0 Å². The Bertz CT molecular complexity index is 572. The summed E-state index contributed by atoms with van der Waals surface area (Å²) in [5.41, 5.74) is 3.41. The number of hydrogen-bond acceptors (Lipinski definition) is 3. The highest BCUT2D eigenvalue weighted by molar-refractivity contribution is 5.94. The highest BCUT2D eigenvalue weighted by atomic mass is 16.1. The van der Waals surface area contributed by atoms with Crippen molar-refractivity contribution in [2.75, 3.05) is 7.05 Å². The van der Waals surface area contributed by atoms with Gasteiger partial charge in [-0.25, -0.2) is 0 Å². The molecule has 4 nitrogen and oxygen atoms in total. The van der Waals surface area contributed by atoms with Crippen LogP contribution in [-0.4, -0.2) is 36.0 Å². The van der Waals surface area contributed by atoms with Crippen molar-refractivity contribution >= 4 is 5.91 Å². The maximum Gasteiger partial charge on any atom is 0.251 e. The number of rotatable bonds is 2. The SMILES string of the molecule is CN1C2CCCC1CC(NC(=O)c1ccc3c(c1)CNC3)C2. The van der Waals surface area contributed by atoms with Crippen LogP contribution in [0.1, 0.15) is 53.6 Å². The van der Waals surface area contributed by atoms with Crippen molar-refractivity contribution in [3.05, 3.63) is 34.9 Å². The largest absolute Gasteiger partial charge is 0.349 e. The van der Waals surface area contributed by atoms with Gasteiger partial charge in [-0.15, -0.1) is 0 Å². The maximum absolute atomic E-state index is 12.6. The Hall–Kier alpha value is -1.39. The monoisotopic (exact) mass is 299 g/mol. The average molecular weight is 299 g/mol. The number of fused-ring (bicyclic) bond motifs is 3. The minimum absolute atomic E-state index is 0.0994. The minimum Gasteiger partial charge on any atom is -0.349 e. The van der Waals surface area contributed by atoms with Crippen LogP contribution in [0.4, 0.5) is 0 Å². The number of carbonyl (C=O) groups excluding carboxylic acids is 1. The predicted octanol–water partition coefficient (Wildman–Crippen LogP) is 2.03. The molecular weight excluding hydrogens is 274 g/mol. The summed E-state index contributed by atoms with van der Waals surface area (Å²) in [6, 6.07) is 7.76. The van der Waals surface area contributed by atoms with Gasteiger partial charge in [-0.3, -0.25) is 4.79 Å². The molecule has 22 heavy (non-hydrogen) atoms. The molecule has 1 amide bonds. The van der Waals surface area contributed by atoms with Crippen molar-refractivity contribution in [1.29, 1.82) is 0 Å². The van der Waals surface area contributed by atoms with E-state index in [-0.39, 0.29) is 5.91 Å². The van der Waals surface area contributed by atoms with Gasteiger partial charge in [0.25, 0.3) is 5.91 Å². The van der Waals surface area contributed by atoms with Gasteiger partial charge in [0.1, 0.15) is 0 Å². The second-order valence-electron chi connectivity index (χ2n) is 7.13. The summed E-state index contributed by atoms with van der Waals surface area (Å²) in [6.07, 6.45) is 6.11. The number of piperidine rings is 2. The van der Waals surface area contributed by atoms with Gasteiger partial charge in [-0.1, -0.05) is 12.5 Å². The van der Waals surface area contributed by atoms with Crippen LogP contribution in [0.15, 0.2) is 18.2 Å². The molecule has 3 aliphatic rings. The Morgan fingerprint density at radius 3 is 2.68 bits per heavy atom. The van der Waals surface area contributed by atoms with E-state index in [0.717, 1.165) is 31.5 Å². The Balaban J connectivity index is 1.44. The van der Waals surface area contributed by atoms with Crippen molar-refractivity contribution in [2.45, 2.75) is 63.3 Å². The highest BCUT2D eigenvalue weighted by Crippen LogP contribution is 2.32. The van der Waals surface area contributed by atoms with Crippen LogP contribution < -0.4 is 10.6 Å². The number of nitrogens with zero attached hydrogens (tertiary/aromatic N) is 1. The smallest absolute Gasteiger partial charge is 0.251 e. The van der Waals surface area contributed by atoms with E-state index in [2.05, 4.69) is 34.7 Å². The first-order chi connectivity index (χ1) is 10.7. The normalized spacial score (nSPS) is 30.9. The van der Waals surface area contributed by atoms with Crippen LogP contribution in [0.3, 0.4) is 0 Å². The van der Waals surface area contributed by atoms with Gasteiger partial charge in [0.05, 0.1) is 0 Å². The Kier molecular flexibility index (Phi) is 3.66. The van der Waals surface area contributed by atoms with E-state index in [0.29, 0.717) is 18.1 Å². The fourth-order valence-electron chi connectivity index (χ4n) is 4.44. The van der Waals surface area contributed by atoms with Crippen molar-refractivity contribution in [1.82, 2.24) is 15.5 Å². The van der Waals surface area contributed by atoms with E-state index in [4.69, 9.17) is 0 Å². The molecule has 3 heterocycles. The van der Waals surface area contributed by atoms with Crippen molar-refractivity contribution in [3.8, 4) is 0 Å². The molecule has 2 unspecified atom stereocenters. The quantitative estimate of drug-likeness (QED) is 0.878.